The fourth-order valence-electron chi connectivity index (χ4n) is 6.97. The second-order valence-corrected chi connectivity index (χ2v) is 9.70. The van der Waals surface area contributed by atoms with Gasteiger partial charge < -0.3 is 4.74 Å². The molecule has 0 amide bonds. The molecule has 1 aliphatic heterocycles. The monoisotopic (exact) mass is 352 g/mol. The van der Waals surface area contributed by atoms with Crippen LogP contribution in [0.2, 0.25) is 0 Å². The smallest absolute Gasteiger partial charge is 0.139 e. The molecule has 0 bridgehead atoms. The molecular weight excluding hydrogens is 320 g/mol. The molecular formula is C24H32O2. The van der Waals surface area contributed by atoms with Crippen LogP contribution in [0.5, 0.6) is 0 Å². The molecule has 1 aromatic rings. The minimum Gasteiger partial charge on any atom is -0.374 e. The number of carbonyl (C=O) groups excluding carboxylic acids is 1. The van der Waals surface area contributed by atoms with Gasteiger partial charge >= 0.3 is 0 Å². The second-order valence-electron chi connectivity index (χ2n) is 9.70. The van der Waals surface area contributed by atoms with Gasteiger partial charge in [0, 0.05) is 18.4 Å². The minimum atomic E-state index is -0.0250. The lowest BCUT2D eigenvalue weighted by Crippen LogP contribution is -2.45. The number of carbonyl (C=O) groups is 1. The lowest BCUT2D eigenvalue weighted by molar-refractivity contribution is -0.129. The first kappa shape index (κ1) is 17.0. The number of rotatable bonds is 1. The van der Waals surface area contributed by atoms with Crippen LogP contribution in [0, 0.1) is 23.2 Å². The number of Topliss-reactive ketones (excluding diaryl/α,β-unsaturated/α-hetero) is 1. The molecule has 1 saturated heterocycles. The quantitative estimate of drug-likeness (QED) is 0.657. The number of ether oxygens (including phenoxy) is 1. The summed E-state index contributed by atoms with van der Waals surface area (Å²) in [6.07, 6.45) is 9.40. The molecule has 4 aliphatic rings. The van der Waals surface area contributed by atoms with E-state index in [4.69, 9.17) is 4.74 Å². The largest absolute Gasteiger partial charge is 0.374 e. The Morgan fingerprint density at radius 2 is 2.04 bits per heavy atom. The molecule has 1 heterocycles. The predicted molar refractivity (Wildman–Crippen MR) is 103 cm³/mol. The van der Waals surface area contributed by atoms with Crippen LogP contribution in [-0.2, 0) is 16.0 Å². The van der Waals surface area contributed by atoms with Gasteiger partial charge in [0.25, 0.3) is 0 Å². The fourth-order valence-corrected chi connectivity index (χ4v) is 6.97. The fraction of sp³-hybridized carbons (Fsp3) is 0.708. The predicted octanol–water partition coefficient (Wildman–Crippen LogP) is 5.60. The Kier molecular flexibility index (Phi) is 4.04. The van der Waals surface area contributed by atoms with Crippen LogP contribution in [-0.4, -0.2) is 12.4 Å². The number of hydrogen-bond donors (Lipinski definition) is 0. The molecule has 6 atom stereocenters. The zero-order valence-electron chi connectivity index (χ0n) is 16.3. The van der Waals surface area contributed by atoms with Crippen molar-refractivity contribution in [3.63, 3.8) is 0 Å². The van der Waals surface area contributed by atoms with Crippen molar-refractivity contribution in [2.75, 3.05) is 6.61 Å². The zero-order valence-corrected chi connectivity index (χ0v) is 16.3. The number of fused-ring (bicyclic) bond motifs is 5. The molecule has 2 heteroatoms. The Hall–Kier alpha value is -1.15. The molecule has 0 radical (unpaired) electrons. The van der Waals surface area contributed by atoms with Gasteiger partial charge in [-0.25, -0.2) is 0 Å². The third-order valence-electron chi connectivity index (χ3n) is 8.36. The van der Waals surface area contributed by atoms with Crippen LogP contribution >= 0.6 is 0 Å². The van der Waals surface area contributed by atoms with E-state index in [1.54, 1.807) is 11.1 Å². The van der Waals surface area contributed by atoms with Crippen LogP contribution in [0.4, 0.5) is 0 Å². The van der Waals surface area contributed by atoms with Crippen molar-refractivity contribution < 1.29 is 9.53 Å². The third-order valence-corrected chi connectivity index (χ3v) is 8.36. The van der Waals surface area contributed by atoms with E-state index in [0.717, 1.165) is 25.9 Å². The molecule has 1 aromatic carbocycles. The van der Waals surface area contributed by atoms with Gasteiger partial charge in [-0.05, 0) is 85.3 Å². The summed E-state index contributed by atoms with van der Waals surface area (Å²) in [5.74, 6) is 3.20. The Morgan fingerprint density at radius 3 is 2.85 bits per heavy atom. The molecule has 0 N–H and O–H groups in total. The summed E-state index contributed by atoms with van der Waals surface area (Å²) in [5.41, 5.74) is 4.53. The average molecular weight is 353 g/mol. The standard InChI is InChI=1S/C24H32O2/c1-15-13-17-14-16(21-5-3-4-12-26-21)6-7-18(17)19-10-11-24(2)20(23(15)19)8-9-22(24)25/h6-7,14-15,19-21,23H,3-5,8-13H2,1-2H3/t15-,19?,20?,21?,23?,24?/m1/s1. The first-order valence-electron chi connectivity index (χ1n) is 10.9. The maximum atomic E-state index is 12.6. The summed E-state index contributed by atoms with van der Waals surface area (Å²) < 4.78 is 6.03. The van der Waals surface area contributed by atoms with Gasteiger partial charge in [-0.15, -0.1) is 0 Å². The van der Waals surface area contributed by atoms with Gasteiger partial charge in [0.1, 0.15) is 5.78 Å². The zero-order chi connectivity index (χ0) is 17.9. The first-order valence-corrected chi connectivity index (χ1v) is 10.9. The average Bonchev–Trinajstić information content (AvgIpc) is 2.97. The Morgan fingerprint density at radius 1 is 1.15 bits per heavy atom. The number of ketones is 1. The normalized spacial score (nSPS) is 42.1. The van der Waals surface area contributed by atoms with E-state index in [1.165, 1.54) is 37.7 Å². The van der Waals surface area contributed by atoms with Crippen molar-refractivity contribution in [3.8, 4) is 0 Å². The van der Waals surface area contributed by atoms with Crippen LogP contribution in [0.25, 0.3) is 0 Å². The molecule has 0 aromatic heterocycles. The summed E-state index contributed by atoms with van der Waals surface area (Å²) in [5, 5.41) is 0. The van der Waals surface area contributed by atoms with Crippen LogP contribution < -0.4 is 0 Å². The van der Waals surface area contributed by atoms with Gasteiger partial charge in [0.05, 0.1) is 6.10 Å². The number of benzene rings is 1. The maximum Gasteiger partial charge on any atom is 0.139 e. The van der Waals surface area contributed by atoms with Crippen molar-refractivity contribution in [2.24, 2.45) is 23.2 Å². The van der Waals surface area contributed by atoms with E-state index in [2.05, 4.69) is 32.0 Å². The lowest BCUT2D eigenvalue weighted by atomic mass is 9.53. The van der Waals surface area contributed by atoms with Crippen molar-refractivity contribution in [3.05, 3.63) is 34.9 Å². The topological polar surface area (TPSA) is 26.3 Å². The van der Waals surface area contributed by atoms with E-state index in [0.29, 0.717) is 35.6 Å². The van der Waals surface area contributed by atoms with E-state index in [9.17, 15) is 4.79 Å². The highest BCUT2D eigenvalue weighted by atomic mass is 16.5. The highest BCUT2D eigenvalue weighted by Crippen LogP contribution is 2.60. The first-order chi connectivity index (χ1) is 12.6. The molecule has 0 spiro atoms. The Balaban J connectivity index is 1.47. The van der Waals surface area contributed by atoms with Gasteiger partial charge in [0.2, 0.25) is 0 Å². The maximum absolute atomic E-state index is 12.6. The Labute approximate surface area is 157 Å². The highest BCUT2D eigenvalue weighted by molar-refractivity contribution is 5.87. The van der Waals surface area contributed by atoms with Gasteiger partial charge in [-0.2, -0.15) is 0 Å². The molecule has 2 saturated carbocycles. The number of hydrogen-bond acceptors (Lipinski definition) is 2. The van der Waals surface area contributed by atoms with Crippen molar-refractivity contribution in [2.45, 2.75) is 77.2 Å². The van der Waals surface area contributed by atoms with Crippen LogP contribution in [0.3, 0.4) is 0 Å². The molecule has 5 unspecified atom stereocenters. The molecule has 2 nitrogen and oxygen atoms in total. The molecule has 26 heavy (non-hydrogen) atoms. The SMILES string of the molecule is C[C@@H]1Cc2cc(C3CCCCO3)ccc2C2CCC3(C)C(=O)CCC3C21. The van der Waals surface area contributed by atoms with Crippen LogP contribution in [0.15, 0.2) is 18.2 Å². The van der Waals surface area contributed by atoms with E-state index >= 15 is 0 Å². The summed E-state index contributed by atoms with van der Waals surface area (Å²) in [6, 6.07) is 7.23. The van der Waals surface area contributed by atoms with Crippen molar-refractivity contribution in [1.29, 1.82) is 0 Å². The summed E-state index contributed by atoms with van der Waals surface area (Å²) in [6.45, 7) is 5.63. The lowest BCUT2D eigenvalue weighted by Gasteiger charge is -2.51. The van der Waals surface area contributed by atoms with Crippen molar-refractivity contribution in [1.82, 2.24) is 0 Å². The van der Waals surface area contributed by atoms with Gasteiger partial charge in [-0.3, -0.25) is 4.79 Å². The van der Waals surface area contributed by atoms with Gasteiger partial charge in [0.15, 0.2) is 0 Å². The third kappa shape index (κ3) is 2.44. The summed E-state index contributed by atoms with van der Waals surface area (Å²) in [4.78, 5) is 12.6. The van der Waals surface area contributed by atoms with E-state index < -0.39 is 0 Å². The molecule has 5 rings (SSSR count). The van der Waals surface area contributed by atoms with E-state index in [1.807, 2.05) is 0 Å². The minimum absolute atomic E-state index is 0.0250. The molecule has 140 valence electrons. The van der Waals surface area contributed by atoms with Crippen LogP contribution in [0.1, 0.15) is 87.5 Å². The molecule has 3 aliphatic carbocycles. The summed E-state index contributed by atoms with van der Waals surface area (Å²) >= 11 is 0. The highest BCUT2D eigenvalue weighted by Gasteiger charge is 2.56. The van der Waals surface area contributed by atoms with Crippen molar-refractivity contribution >= 4 is 5.78 Å². The Bertz CT molecular complexity index is 717. The van der Waals surface area contributed by atoms with Gasteiger partial charge in [-0.1, -0.05) is 32.0 Å². The summed E-state index contributed by atoms with van der Waals surface area (Å²) in [7, 11) is 0. The van der Waals surface area contributed by atoms with E-state index in [-0.39, 0.29) is 5.41 Å². The molecule has 3 fully saturated rings. The second kappa shape index (κ2) is 6.19.